The first-order valence-electron chi connectivity index (χ1n) is 11.9. The van der Waals surface area contributed by atoms with Gasteiger partial charge in [-0.3, -0.25) is 23.3 Å². The van der Waals surface area contributed by atoms with E-state index in [1.54, 1.807) is 56.1 Å². The molecule has 4 aromatic rings. The molecule has 0 aromatic carbocycles. The molecule has 0 aliphatic heterocycles. The summed E-state index contributed by atoms with van der Waals surface area (Å²) in [6.07, 6.45) is 8.28. The number of fused-ring (bicyclic) bond motifs is 1. The highest BCUT2D eigenvalue weighted by Crippen LogP contribution is 2.52. The zero-order valence-electron chi connectivity index (χ0n) is 21.1. The predicted molar refractivity (Wildman–Crippen MR) is 142 cm³/mol. The van der Waals surface area contributed by atoms with E-state index in [0.29, 0.717) is 39.0 Å². The second-order valence-electron chi connectivity index (χ2n) is 8.06. The van der Waals surface area contributed by atoms with Crippen molar-refractivity contribution >= 4 is 30.5 Å². The number of nitrogens with zero attached hydrogens (tertiary/aromatic N) is 4. The van der Waals surface area contributed by atoms with Gasteiger partial charge in [-0.1, -0.05) is 6.58 Å². The summed E-state index contributed by atoms with van der Waals surface area (Å²) in [5.41, 5.74) is 3.61. The molecule has 1 N–H and O–H groups in total. The van der Waals surface area contributed by atoms with E-state index >= 15 is 0 Å². The average molecular weight is 540 g/mol. The van der Waals surface area contributed by atoms with Gasteiger partial charge < -0.3 is 9.88 Å². The Hall–Kier alpha value is -3.76. The van der Waals surface area contributed by atoms with Crippen LogP contribution in [0.1, 0.15) is 27.0 Å². The maximum absolute atomic E-state index is 14.1. The van der Waals surface area contributed by atoms with Gasteiger partial charge in [-0.05, 0) is 50.6 Å². The second-order valence-corrected chi connectivity index (χ2v) is 9.68. The quantitative estimate of drug-likeness (QED) is 0.137. The van der Waals surface area contributed by atoms with Crippen molar-refractivity contribution in [2.45, 2.75) is 27.0 Å². The Morgan fingerprint density at radius 2 is 1.87 bits per heavy atom. The van der Waals surface area contributed by atoms with Crippen molar-refractivity contribution in [2.75, 3.05) is 18.5 Å². The summed E-state index contributed by atoms with van der Waals surface area (Å²) < 4.78 is 45.1. The third-order valence-electron chi connectivity index (χ3n) is 5.48. The van der Waals surface area contributed by atoms with Crippen LogP contribution in [-0.4, -0.2) is 38.6 Å². The zero-order chi connectivity index (χ0) is 27.3. The van der Waals surface area contributed by atoms with E-state index < -0.39 is 20.0 Å². The smallest absolute Gasteiger partial charge is 0.321 e. The van der Waals surface area contributed by atoms with Crippen LogP contribution >= 0.6 is 7.82 Å². The molecule has 1 unspecified atom stereocenters. The predicted octanol–water partition coefficient (Wildman–Crippen LogP) is 6.14. The lowest BCUT2D eigenvalue weighted by Crippen LogP contribution is -2.10. The first kappa shape index (κ1) is 27.3. The molecule has 0 spiro atoms. The molecule has 10 nitrogen and oxygen atoms in total. The van der Waals surface area contributed by atoms with Crippen LogP contribution in [-0.2, 0) is 22.9 Å². The minimum Gasteiger partial charge on any atom is -0.321 e. The number of carbonyl (C=O) groups is 1. The van der Waals surface area contributed by atoms with Gasteiger partial charge in [-0.2, -0.15) is 4.39 Å². The van der Waals surface area contributed by atoms with Crippen LogP contribution in [0.5, 0.6) is 0 Å². The lowest BCUT2D eigenvalue weighted by Gasteiger charge is -2.22. The molecule has 0 radical (unpaired) electrons. The van der Waals surface area contributed by atoms with Gasteiger partial charge in [0.15, 0.2) is 0 Å². The molecule has 0 saturated heterocycles. The van der Waals surface area contributed by atoms with Crippen LogP contribution in [0.3, 0.4) is 0 Å². The zero-order valence-corrected chi connectivity index (χ0v) is 22.0. The van der Waals surface area contributed by atoms with Gasteiger partial charge in [0.05, 0.1) is 25.1 Å². The molecule has 38 heavy (non-hydrogen) atoms. The van der Waals surface area contributed by atoms with Gasteiger partial charge in [0, 0.05) is 52.9 Å². The summed E-state index contributed by atoms with van der Waals surface area (Å²) in [7, 11) is -3.84. The second kappa shape index (κ2) is 11.7. The lowest BCUT2D eigenvalue weighted by molar-refractivity contribution is -0.111. The van der Waals surface area contributed by atoms with E-state index in [0.717, 1.165) is 0 Å². The monoisotopic (exact) mass is 539 g/mol. The van der Waals surface area contributed by atoms with Gasteiger partial charge in [-0.15, -0.1) is 0 Å². The minimum atomic E-state index is -3.84. The number of halogens is 1. The maximum atomic E-state index is 14.1. The van der Waals surface area contributed by atoms with E-state index in [4.69, 9.17) is 13.6 Å². The number of nitrogens with one attached hydrogen (secondary N) is 1. The molecule has 198 valence electrons. The van der Waals surface area contributed by atoms with Crippen LogP contribution in [0, 0.1) is 5.95 Å². The number of aromatic nitrogens is 4. The van der Waals surface area contributed by atoms with Crippen molar-refractivity contribution in [1.82, 2.24) is 19.5 Å². The number of phosphoric acid groups is 1. The third-order valence-corrected chi connectivity index (χ3v) is 7.19. The number of rotatable bonds is 11. The molecule has 12 heteroatoms. The van der Waals surface area contributed by atoms with Crippen LogP contribution in [0.15, 0.2) is 67.9 Å². The molecule has 0 aliphatic rings. The van der Waals surface area contributed by atoms with Gasteiger partial charge in [0.2, 0.25) is 11.9 Å². The van der Waals surface area contributed by atoms with Crippen molar-refractivity contribution in [3.8, 4) is 22.3 Å². The summed E-state index contributed by atoms with van der Waals surface area (Å²) in [4.78, 5) is 24.2. The summed E-state index contributed by atoms with van der Waals surface area (Å²) >= 11 is 0. The molecular formula is C26H27FN5O5P. The maximum Gasteiger partial charge on any atom is 0.476 e. The highest BCUT2D eigenvalue weighted by molar-refractivity contribution is 7.48. The molecule has 0 aliphatic carbocycles. The fourth-order valence-corrected chi connectivity index (χ4v) is 5.18. The Morgan fingerprint density at radius 1 is 1.13 bits per heavy atom. The average Bonchev–Trinajstić information content (AvgIpc) is 3.28. The normalized spacial score (nSPS) is 12.4. The molecular weight excluding hydrogens is 512 g/mol. The number of pyridine rings is 3. The SMILES string of the molecule is C=CC(=O)Nc1cncc(-c2cnc3c(c2)c(-c2ccnc(F)c2)cn3C(C)OP(=O)(OCC)OCC)c1. The van der Waals surface area contributed by atoms with Gasteiger partial charge in [0.25, 0.3) is 0 Å². The van der Waals surface area contributed by atoms with E-state index in [2.05, 4.69) is 26.8 Å². The van der Waals surface area contributed by atoms with Crippen molar-refractivity contribution in [1.29, 1.82) is 0 Å². The summed E-state index contributed by atoms with van der Waals surface area (Å²) in [5, 5.41) is 3.36. The van der Waals surface area contributed by atoms with E-state index in [9.17, 15) is 13.8 Å². The van der Waals surface area contributed by atoms with E-state index in [-0.39, 0.29) is 19.1 Å². The topological polar surface area (TPSA) is 117 Å². The van der Waals surface area contributed by atoms with E-state index in [1.807, 2.05) is 6.07 Å². The number of carbonyl (C=O) groups excluding carboxylic acids is 1. The summed E-state index contributed by atoms with van der Waals surface area (Å²) in [6, 6.07) is 6.63. The molecule has 4 aromatic heterocycles. The minimum absolute atomic E-state index is 0.139. The number of hydrogen-bond acceptors (Lipinski definition) is 8. The first-order valence-corrected chi connectivity index (χ1v) is 13.3. The van der Waals surface area contributed by atoms with Crippen LogP contribution in [0.25, 0.3) is 33.3 Å². The fourth-order valence-electron chi connectivity index (χ4n) is 3.88. The highest BCUT2D eigenvalue weighted by Gasteiger charge is 2.30. The Labute approximate surface area is 219 Å². The Morgan fingerprint density at radius 3 is 2.55 bits per heavy atom. The number of phosphoric ester groups is 1. The molecule has 1 amide bonds. The number of amides is 1. The largest absolute Gasteiger partial charge is 0.476 e. The van der Waals surface area contributed by atoms with Gasteiger partial charge in [0.1, 0.15) is 11.9 Å². The fraction of sp³-hybridized carbons (Fsp3) is 0.231. The summed E-state index contributed by atoms with van der Waals surface area (Å²) in [5.74, 6) is -0.995. The highest BCUT2D eigenvalue weighted by atomic mass is 31.2. The number of hydrogen-bond donors (Lipinski definition) is 1. The van der Waals surface area contributed by atoms with E-state index in [1.165, 1.54) is 24.5 Å². The van der Waals surface area contributed by atoms with Crippen LogP contribution < -0.4 is 5.32 Å². The first-order chi connectivity index (χ1) is 18.3. The Bertz CT molecular complexity index is 1520. The molecule has 1 atom stereocenters. The van der Waals surface area contributed by atoms with Crippen LogP contribution in [0.4, 0.5) is 10.1 Å². The standard InChI is InChI=1S/C26H27FN5O5P/c1-5-25(33)31-21-10-19(13-28-15-21)20-11-22-23(18-8-9-29-24(27)12-18)16-32(26(22)30-14-20)17(4)37-38(34,35-6-2)36-7-3/h5,8-17H,1,6-7H2,2-4H3,(H,31,33). The van der Waals surface area contributed by atoms with Crippen molar-refractivity contribution < 1.29 is 27.3 Å². The van der Waals surface area contributed by atoms with Crippen LogP contribution in [0.2, 0.25) is 0 Å². The lowest BCUT2D eigenvalue weighted by atomic mass is 10.0. The van der Waals surface area contributed by atoms with Crippen molar-refractivity contribution in [3.05, 3.63) is 73.9 Å². The molecule has 4 rings (SSSR count). The Balaban J connectivity index is 1.82. The third kappa shape index (κ3) is 6.03. The number of anilines is 1. The van der Waals surface area contributed by atoms with Gasteiger partial charge in [-0.25, -0.2) is 14.5 Å². The molecule has 0 bridgehead atoms. The molecule has 0 saturated carbocycles. The Kier molecular flexibility index (Phi) is 8.43. The molecule has 0 fully saturated rings. The summed E-state index contributed by atoms with van der Waals surface area (Å²) in [6.45, 7) is 8.80. The van der Waals surface area contributed by atoms with Gasteiger partial charge >= 0.3 is 7.82 Å². The van der Waals surface area contributed by atoms with Crippen molar-refractivity contribution in [3.63, 3.8) is 0 Å². The molecule has 4 heterocycles. The van der Waals surface area contributed by atoms with Crippen molar-refractivity contribution in [2.24, 2.45) is 0 Å².